The van der Waals surface area contributed by atoms with E-state index in [4.69, 9.17) is 4.98 Å². The van der Waals surface area contributed by atoms with Crippen LogP contribution >= 0.6 is 0 Å². The van der Waals surface area contributed by atoms with Gasteiger partial charge in [0.2, 0.25) is 0 Å². The van der Waals surface area contributed by atoms with Gasteiger partial charge in [-0.05, 0) is 45.1 Å². The Balaban J connectivity index is 1.81. The number of pyridine rings is 1. The van der Waals surface area contributed by atoms with Crippen LogP contribution in [0.4, 0.5) is 0 Å². The van der Waals surface area contributed by atoms with Gasteiger partial charge in [0.15, 0.2) is 15.5 Å². The number of hydrogen-bond acceptors (Lipinski definition) is 5. The maximum atomic E-state index is 13.7. The SMILES string of the molecule is CC(C)c1cc(C(=O)N(C2CC2)C2CCS(=O)(=O)C2)c2cnn(C(C)C)c2n1. The van der Waals surface area contributed by atoms with Crippen LogP contribution in [0.2, 0.25) is 0 Å². The van der Waals surface area contributed by atoms with E-state index in [0.717, 1.165) is 29.6 Å². The van der Waals surface area contributed by atoms with Crippen molar-refractivity contribution in [2.45, 2.75) is 71.0 Å². The molecule has 1 saturated carbocycles. The van der Waals surface area contributed by atoms with E-state index in [0.29, 0.717) is 12.0 Å². The fourth-order valence-corrected chi connectivity index (χ4v) is 5.72. The lowest BCUT2D eigenvalue weighted by molar-refractivity contribution is 0.0682. The number of aromatic nitrogens is 3. The van der Waals surface area contributed by atoms with Gasteiger partial charge in [-0.3, -0.25) is 4.79 Å². The maximum Gasteiger partial charge on any atom is 0.255 e. The smallest absolute Gasteiger partial charge is 0.255 e. The van der Waals surface area contributed by atoms with Crippen LogP contribution in [0.15, 0.2) is 12.3 Å². The summed E-state index contributed by atoms with van der Waals surface area (Å²) in [5.74, 6) is 0.337. The van der Waals surface area contributed by atoms with E-state index in [1.165, 1.54) is 0 Å². The Labute approximate surface area is 166 Å². The average molecular weight is 405 g/mol. The number of carbonyl (C=O) groups is 1. The Morgan fingerprint density at radius 3 is 2.43 bits per heavy atom. The molecule has 0 bridgehead atoms. The second-order valence-corrected chi connectivity index (χ2v) is 10.9. The Hall–Kier alpha value is -1.96. The second kappa shape index (κ2) is 6.83. The van der Waals surface area contributed by atoms with E-state index < -0.39 is 9.84 Å². The molecule has 152 valence electrons. The highest BCUT2D eigenvalue weighted by atomic mass is 32.2. The molecule has 0 radical (unpaired) electrons. The molecule has 0 aromatic carbocycles. The van der Waals surface area contributed by atoms with Crippen LogP contribution in [0.3, 0.4) is 0 Å². The van der Waals surface area contributed by atoms with Crippen LogP contribution in [-0.4, -0.2) is 57.6 Å². The van der Waals surface area contributed by atoms with Crippen molar-refractivity contribution in [2.75, 3.05) is 11.5 Å². The summed E-state index contributed by atoms with van der Waals surface area (Å²) in [6.45, 7) is 8.19. The molecule has 7 nitrogen and oxygen atoms in total. The van der Waals surface area contributed by atoms with E-state index in [1.807, 2.05) is 29.5 Å². The fourth-order valence-electron chi connectivity index (χ4n) is 4.00. The van der Waals surface area contributed by atoms with Gasteiger partial charge in [0.1, 0.15) is 0 Å². The topological polar surface area (TPSA) is 85.2 Å². The zero-order valence-corrected chi connectivity index (χ0v) is 17.7. The van der Waals surface area contributed by atoms with Crippen molar-refractivity contribution in [2.24, 2.45) is 0 Å². The molecule has 1 amide bonds. The number of carbonyl (C=O) groups excluding carboxylic acids is 1. The zero-order chi connectivity index (χ0) is 20.2. The highest BCUT2D eigenvalue weighted by Gasteiger charge is 2.43. The Kier molecular flexibility index (Phi) is 4.72. The number of hydrogen-bond donors (Lipinski definition) is 0. The first-order valence-corrected chi connectivity index (χ1v) is 11.9. The fraction of sp³-hybridized carbons (Fsp3) is 0.650. The summed E-state index contributed by atoms with van der Waals surface area (Å²) in [6, 6.07) is 1.93. The molecule has 0 N–H and O–H groups in total. The maximum absolute atomic E-state index is 13.7. The first-order chi connectivity index (χ1) is 13.2. The van der Waals surface area contributed by atoms with E-state index in [2.05, 4.69) is 18.9 Å². The van der Waals surface area contributed by atoms with Crippen LogP contribution in [-0.2, 0) is 9.84 Å². The quantitative estimate of drug-likeness (QED) is 0.765. The van der Waals surface area contributed by atoms with E-state index in [-0.39, 0.29) is 41.5 Å². The molecule has 1 aliphatic carbocycles. The lowest BCUT2D eigenvalue weighted by Gasteiger charge is -2.29. The zero-order valence-electron chi connectivity index (χ0n) is 16.9. The van der Waals surface area contributed by atoms with E-state index >= 15 is 0 Å². The first-order valence-electron chi connectivity index (χ1n) is 10.1. The minimum Gasteiger partial charge on any atom is -0.332 e. The summed E-state index contributed by atoms with van der Waals surface area (Å²) in [6.07, 6.45) is 4.13. The number of fused-ring (bicyclic) bond motifs is 1. The Bertz CT molecular complexity index is 1020. The molecule has 0 spiro atoms. The van der Waals surface area contributed by atoms with Crippen molar-refractivity contribution >= 4 is 26.8 Å². The van der Waals surface area contributed by atoms with Crippen LogP contribution in [0.5, 0.6) is 0 Å². The molecule has 4 rings (SSSR count). The molecular weight excluding hydrogens is 376 g/mol. The molecule has 2 fully saturated rings. The molecule has 28 heavy (non-hydrogen) atoms. The number of sulfone groups is 1. The summed E-state index contributed by atoms with van der Waals surface area (Å²) < 4.78 is 25.9. The number of nitrogens with zero attached hydrogens (tertiary/aromatic N) is 4. The molecule has 1 aliphatic heterocycles. The molecule has 1 saturated heterocycles. The van der Waals surface area contributed by atoms with Crippen molar-refractivity contribution in [1.29, 1.82) is 0 Å². The van der Waals surface area contributed by atoms with Gasteiger partial charge >= 0.3 is 0 Å². The third-order valence-electron chi connectivity index (χ3n) is 5.67. The van der Waals surface area contributed by atoms with Gasteiger partial charge in [-0.15, -0.1) is 0 Å². The number of amides is 1. The van der Waals surface area contributed by atoms with E-state index in [9.17, 15) is 13.2 Å². The van der Waals surface area contributed by atoms with Gasteiger partial charge in [-0.2, -0.15) is 5.10 Å². The molecule has 2 aromatic heterocycles. The van der Waals surface area contributed by atoms with Crippen molar-refractivity contribution in [3.63, 3.8) is 0 Å². The highest BCUT2D eigenvalue weighted by Crippen LogP contribution is 2.35. The summed E-state index contributed by atoms with van der Waals surface area (Å²) in [5, 5.41) is 5.21. The van der Waals surface area contributed by atoms with Gasteiger partial charge in [-0.1, -0.05) is 13.8 Å². The molecule has 3 heterocycles. The van der Waals surface area contributed by atoms with Crippen LogP contribution in [0, 0.1) is 0 Å². The first kappa shape index (κ1) is 19.4. The Morgan fingerprint density at radius 1 is 1.18 bits per heavy atom. The van der Waals surface area contributed by atoms with Crippen molar-refractivity contribution in [1.82, 2.24) is 19.7 Å². The molecule has 2 aromatic rings. The van der Waals surface area contributed by atoms with Gasteiger partial charge in [0.05, 0.1) is 28.7 Å². The molecule has 1 unspecified atom stereocenters. The molecular formula is C20H28N4O3S. The standard InChI is InChI=1S/C20H28N4O3S/c1-12(2)18-9-16(17-10-21-24(13(3)4)19(17)22-18)20(25)23(14-5-6-14)15-7-8-28(26,27)11-15/h9-10,12-15H,5-8,11H2,1-4H3. The van der Waals surface area contributed by atoms with Crippen LogP contribution in [0.25, 0.3) is 11.0 Å². The van der Waals surface area contributed by atoms with Crippen molar-refractivity contribution in [3.05, 3.63) is 23.5 Å². The Morgan fingerprint density at radius 2 is 1.89 bits per heavy atom. The van der Waals surface area contributed by atoms with Gasteiger partial charge in [0, 0.05) is 23.8 Å². The molecule has 2 aliphatic rings. The summed E-state index contributed by atoms with van der Waals surface area (Å²) in [5.41, 5.74) is 2.17. The lowest BCUT2D eigenvalue weighted by Crippen LogP contribution is -2.42. The summed E-state index contributed by atoms with van der Waals surface area (Å²) in [7, 11) is -3.06. The second-order valence-electron chi connectivity index (χ2n) is 8.67. The molecule has 1 atom stereocenters. The van der Waals surface area contributed by atoms with E-state index in [1.54, 1.807) is 6.20 Å². The van der Waals surface area contributed by atoms with Crippen molar-refractivity contribution < 1.29 is 13.2 Å². The normalized spacial score (nSPS) is 21.7. The van der Waals surface area contributed by atoms with Crippen LogP contribution < -0.4 is 0 Å². The minimum atomic E-state index is -3.06. The lowest BCUT2D eigenvalue weighted by atomic mass is 10.0. The third kappa shape index (κ3) is 3.43. The van der Waals surface area contributed by atoms with Gasteiger partial charge < -0.3 is 4.90 Å². The van der Waals surface area contributed by atoms with Gasteiger partial charge in [0.25, 0.3) is 5.91 Å². The molecule has 8 heteroatoms. The van der Waals surface area contributed by atoms with Crippen LogP contribution in [0.1, 0.15) is 75.0 Å². The predicted molar refractivity (Wildman–Crippen MR) is 108 cm³/mol. The minimum absolute atomic E-state index is 0.0752. The number of rotatable bonds is 5. The largest absolute Gasteiger partial charge is 0.332 e. The van der Waals surface area contributed by atoms with Crippen molar-refractivity contribution in [3.8, 4) is 0 Å². The predicted octanol–water partition coefficient (Wildman–Crippen LogP) is 2.93. The highest BCUT2D eigenvalue weighted by molar-refractivity contribution is 7.91. The monoisotopic (exact) mass is 404 g/mol. The summed E-state index contributed by atoms with van der Waals surface area (Å²) >= 11 is 0. The summed E-state index contributed by atoms with van der Waals surface area (Å²) in [4.78, 5) is 20.3. The third-order valence-corrected chi connectivity index (χ3v) is 7.42. The average Bonchev–Trinajstić information content (AvgIpc) is 3.24. The van der Waals surface area contributed by atoms with Gasteiger partial charge in [-0.25, -0.2) is 18.1 Å².